The Morgan fingerprint density at radius 2 is 0.933 bits per heavy atom. The zero-order valence-corrected chi connectivity index (χ0v) is 16.6. The van der Waals surface area contributed by atoms with Gasteiger partial charge in [0.2, 0.25) is 0 Å². The van der Waals surface area contributed by atoms with Gasteiger partial charge in [-0.15, -0.1) is 0 Å². The summed E-state index contributed by atoms with van der Waals surface area (Å²) in [6.45, 7) is -0.571. The Bertz CT molecular complexity index is 807. The molecule has 1 fully saturated rings. The second kappa shape index (κ2) is 10.5. The second-order valence-electron chi connectivity index (χ2n) is 7.34. The van der Waals surface area contributed by atoms with E-state index in [9.17, 15) is 19.2 Å². The van der Waals surface area contributed by atoms with Gasteiger partial charge in [-0.3, -0.25) is 19.2 Å². The number of hydrogen-bond donors (Lipinski definition) is 0. The van der Waals surface area contributed by atoms with Gasteiger partial charge in [0.1, 0.15) is 0 Å². The minimum atomic E-state index is -0.412. The third-order valence-corrected chi connectivity index (χ3v) is 5.28. The van der Waals surface area contributed by atoms with Gasteiger partial charge in [-0.1, -0.05) is 60.7 Å². The number of ether oxygens (including phenoxy) is 2. The van der Waals surface area contributed by atoms with Crippen molar-refractivity contribution in [3.8, 4) is 0 Å². The molecule has 0 unspecified atom stereocenters. The van der Waals surface area contributed by atoms with Gasteiger partial charge >= 0.3 is 11.9 Å². The van der Waals surface area contributed by atoms with E-state index in [-0.39, 0.29) is 36.6 Å². The van der Waals surface area contributed by atoms with Crippen LogP contribution in [0.15, 0.2) is 60.7 Å². The molecule has 0 amide bonds. The first-order valence-electron chi connectivity index (χ1n) is 10.0. The van der Waals surface area contributed by atoms with Crippen molar-refractivity contribution in [2.24, 2.45) is 11.8 Å². The summed E-state index contributed by atoms with van der Waals surface area (Å²) in [6.07, 6.45) is 1.96. The van der Waals surface area contributed by atoms with E-state index >= 15 is 0 Å². The fourth-order valence-electron chi connectivity index (χ4n) is 3.49. The molecular formula is C24H24O6. The zero-order valence-electron chi connectivity index (χ0n) is 16.6. The Morgan fingerprint density at radius 3 is 1.27 bits per heavy atom. The topological polar surface area (TPSA) is 86.7 Å². The minimum absolute atomic E-state index is 0.246. The lowest BCUT2D eigenvalue weighted by Gasteiger charge is -2.25. The molecule has 2 aromatic carbocycles. The fourth-order valence-corrected chi connectivity index (χ4v) is 3.49. The maximum absolute atomic E-state index is 12.2. The van der Waals surface area contributed by atoms with Crippen molar-refractivity contribution in [1.29, 1.82) is 0 Å². The van der Waals surface area contributed by atoms with Crippen LogP contribution in [0.3, 0.4) is 0 Å². The highest BCUT2D eigenvalue weighted by Gasteiger charge is 2.32. The third-order valence-electron chi connectivity index (χ3n) is 5.28. The van der Waals surface area contributed by atoms with Crippen LogP contribution in [0.2, 0.25) is 0 Å². The Kier molecular flexibility index (Phi) is 7.49. The predicted octanol–water partition coefficient (Wildman–Crippen LogP) is 3.65. The van der Waals surface area contributed by atoms with Crippen molar-refractivity contribution in [3.63, 3.8) is 0 Å². The molecule has 0 bridgehead atoms. The van der Waals surface area contributed by atoms with Crippen LogP contribution in [0, 0.1) is 11.8 Å². The molecule has 0 atom stereocenters. The Morgan fingerprint density at radius 1 is 0.600 bits per heavy atom. The van der Waals surface area contributed by atoms with E-state index in [1.54, 1.807) is 48.5 Å². The lowest BCUT2D eigenvalue weighted by Crippen LogP contribution is -2.30. The largest absolute Gasteiger partial charge is 0.457 e. The highest BCUT2D eigenvalue weighted by Crippen LogP contribution is 2.30. The van der Waals surface area contributed by atoms with Crippen molar-refractivity contribution in [2.75, 3.05) is 13.2 Å². The van der Waals surface area contributed by atoms with Crippen LogP contribution in [0.5, 0.6) is 0 Å². The van der Waals surface area contributed by atoms with Gasteiger partial charge in [0, 0.05) is 11.1 Å². The Labute approximate surface area is 175 Å². The molecule has 156 valence electrons. The van der Waals surface area contributed by atoms with Crippen LogP contribution in [-0.2, 0) is 19.1 Å². The molecule has 0 N–H and O–H groups in total. The van der Waals surface area contributed by atoms with Crippen LogP contribution in [0.25, 0.3) is 0 Å². The van der Waals surface area contributed by atoms with E-state index in [1.165, 1.54) is 0 Å². The maximum atomic E-state index is 12.2. The molecule has 0 radical (unpaired) electrons. The van der Waals surface area contributed by atoms with E-state index in [4.69, 9.17) is 9.47 Å². The Hall–Kier alpha value is -3.28. The molecular weight excluding hydrogens is 384 g/mol. The predicted molar refractivity (Wildman–Crippen MR) is 109 cm³/mol. The van der Waals surface area contributed by atoms with E-state index in [0.717, 1.165) is 0 Å². The highest BCUT2D eigenvalue weighted by molar-refractivity contribution is 5.98. The summed E-state index contributed by atoms with van der Waals surface area (Å²) in [4.78, 5) is 48.6. The van der Waals surface area contributed by atoms with Crippen LogP contribution in [-0.4, -0.2) is 36.7 Å². The number of hydrogen-bond acceptors (Lipinski definition) is 6. The van der Waals surface area contributed by atoms with E-state index in [0.29, 0.717) is 36.8 Å². The number of esters is 2. The lowest BCUT2D eigenvalue weighted by molar-refractivity contribution is -0.153. The van der Waals surface area contributed by atoms with Gasteiger partial charge in [-0.2, -0.15) is 0 Å². The van der Waals surface area contributed by atoms with Crippen LogP contribution in [0.4, 0.5) is 0 Å². The number of carbonyl (C=O) groups is 4. The van der Waals surface area contributed by atoms with Gasteiger partial charge in [0.15, 0.2) is 24.8 Å². The first-order valence-corrected chi connectivity index (χ1v) is 10.0. The molecule has 6 nitrogen and oxygen atoms in total. The molecule has 2 aromatic rings. The van der Waals surface area contributed by atoms with Gasteiger partial charge in [-0.25, -0.2) is 0 Å². The second-order valence-corrected chi connectivity index (χ2v) is 7.34. The van der Waals surface area contributed by atoms with Crippen molar-refractivity contribution >= 4 is 23.5 Å². The van der Waals surface area contributed by atoms with Crippen molar-refractivity contribution in [1.82, 2.24) is 0 Å². The first kappa shape index (κ1) is 21.4. The summed E-state index contributed by atoms with van der Waals surface area (Å²) in [5.74, 6) is -1.98. The normalized spacial score (nSPS) is 18.3. The molecule has 0 heterocycles. The number of benzene rings is 2. The molecule has 30 heavy (non-hydrogen) atoms. The van der Waals surface area contributed by atoms with E-state index < -0.39 is 11.9 Å². The molecule has 0 saturated heterocycles. The van der Waals surface area contributed by atoms with E-state index in [1.807, 2.05) is 12.1 Å². The summed E-state index contributed by atoms with van der Waals surface area (Å²) in [5.41, 5.74) is 1.00. The summed E-state index contributed by atoms with van der Waals surface area (Å²) >= 11 is 0. The molecule has 6 heteroatoms. The van der Waals surface area contributed by atoms with Crippen molar-refractivity contribution < 1.29 is 28.7 Å². The number of Topliss-reactive ketones (excluding diaryl/α,β-unsaturated/α-hetero) is 2. The average Bonchev–Trinajstić information content (AvgIpc) is 2.81. The van der Waals surface area contributed by atoms with Gasteiger partial charge < -0.3 is 9.47 Å². The average molecular weight is 408 g/mol. The Balaban J connectivity index is 1.38. The monoisotopic (exact) mass is 408 g/mol. The fraction of sp³-hybridized carbons (Fsp3) is 0.333. The summed E-state index contributed by atoms with van der Waals surface area (Å²) < 4.78 is 10.3. The first-order chi connectivity index (χ1) is 14.5. The lowest BCUT2D eigenvalue weighted by atomic mass is 9.82. The number of ketones is 2. The molecule has 1 saturated carbocycles. The number of carbonyl (C=O) groups excluding carboxylic acids is 4. The summed E-state index contributed by atoms with van der Waals surface area (Å²) in [7, 11) is 0. The number of rotatable bonds is 8. The van der Waals surface area contributed by atoms with Gasteiger partial charge in [-0.05, 0) is 25.7 Å². The summed E-state index contributed by atoms with van der Waals surface area (Å²) in [5, 5.41) is 0. The van der Waals surface area contributed by atoms with Crippen LogP contribution < -0.4 is 0 Å². The third kappa shape index (κ3) is 5.86. The zero-order chi connectivity index (χ0) is 21.3. The standard InChI is InChI=1S/C24H24O6/c25-21(17-7-3-1-4-8-17)15-29-23(27)19-11-13-20(14-12-19)24(28)30-16-22(26)18-9-5-2-6-10-18/h1-10,19-20H,11-16H2. The quantitative estimate of drug-likeness (QED) is 0.490. The molecule has 0 aromatic heterocycles. The minimum Gasteiger partial charge on any atom is -0.457 e. The molecule has 1 aliphatic carbocycles. The maximum Gasteiger partial charge on any atom is 0.309 e. The van der Waals surface area contributed by atoms with Gasteiger partial charge in [0.25, 0.3) is 0 Å². The smallest absolute Gasteiger partial charge is 0.309 e. The molecule has 1 aliphatic rings. The van der Waals surface area contributed by atoms with Crippen molar-refractivity contribution in [3.05, 3.63) is 71.8 Å². The van der Waals surface area contributed by atoms with Crippen LogP contribution >= 0.6 is 0 Å². The molecule has 0 aliphatic heterocycles. The molecule has 0 spiro atoms. The van der Waals surface area contributed by atoms with Crippen LogP contribution in [0.1, 0.15) is 46.4 Å². The van der Waals surface area contributed by atoms with E-state index in [2.05, 4.69) is 0 Å². The summed E-state index contributed by atoms with van der Waals surface area (Å²) in [6, 6.07) is 17.3. The molecule has 3 rings (SSSR count). The highest BCUT2D eigenvalue weighted by atomic mass is 16.5. The van der Waals surface area contributed by atoms with Gasteiger partial charge in [0.05, 0.1) is 11.8 Å². The SMILES string of the molecule is O=C(COC(=O)C1CCC(C(=O)OCC(=O)c2ccccc2)CC1)c1ccccc1. The van der Waals surface area contributed by atoms with Crippen molar-refractivity contribution in [2.45, 2.75) is 25.7 Å².